The van der Waals surface area contributed by atoms with E-state index in [0.29, 0.717) is 5.39 Å². The molecule has 0 atom stereocenters. The largest absolute Gasteiger partial charge is 0.320 e. The monoisotopic (exact) mass is 341 g/mol. The van der Waals surface area contributed by atoms with Crippen molar-refractivity contribution in [2.24, 2.45) is 0 Å². The quantitative estimate of drug-likeness (QED) is 0.671. The number of halogens is 1. The molecule has 3 rings (SSSR count). The molecule has 0 saturated carbocycles. The van der Waals surface area contributed by atoms with Crippen LogP contribution < -0.4 is 5.56 Å². The molecule has 1 heterocycles. The number of benzene rings is 2. The van der Waals surface area contributed by atoms with Gasteiger partial charge in [0, 0.05) is 20.8 Å². The summed E-state index contributed by atoms with van der Waals surface area (Å²) in [5, 5.41) is 1.67. The van der Waals surface area contributed by atoms with E-state index in [1.165, 1.54) is 0 Å². The summed E-state index contributed by atoms with van der Waals surface area (Å²) in [6, 6.07) is 12.0. The van der Waals surface area contributed by atoms with E-state index in [1.54, 1.807) is 0 Å². The molecule has 0 aliphatic carbocycles. The number of hydrogen-bond donors (Lipinski definition) is 1. The number of aromatic nitrogens is 1. The first-order valence-electron chi connectivity index (χ1n) is 6.88. The molecule has 0 saturated heterocycles. The Balaban J connectivity index is 2.45. The Kier molecular flexibility index (Phi) is 3.46. The molecule has 106 valence electrons. The third-order valence-electron chi connectivity index (χ3n) is 3.85. The van der Waals surface area contributed by atoms with Crippen molar-refractivity contribution in [2.45, 2.75) is 20.8 Å². The van der Waals surface area contributed by atoms with Crippen LogP contribution in [0.15, 0.2) is 45.7 Å². The zero-order chi connectivity index (χ0) is 15.1. The van der Waals surface area contributed by atoms with Crippen LogP contribution in [-0.4, -0.2) is 4.98 Å². The third-order valence-corrected chi connectivity index (χ3v) is 4.67. The van der Waals surface area contributed by atoms with Gasteiger partial charge in [-0.25, -0.2) is 0 Å². The van der Waals surface area contributed by atoms with Gasteiger partial charge in [0.25, 0.3) is 5.56 Å². The Morgan fingerprint density at radius 2 is 1.62 bits per heavy atom. The molecule has 0 unspecified atom stereocenters. The number of H-pyrrole nitrogens is 1. The van der Waals surface area contributed by atoms with Crippen molar-refractivity contribution in [2.75, 3.05) is 0 Å². The number of nitrogens with one attached hydrogen (secondary N) is 1. The molecular weight excluding hydrogens is 326 g/mol. The van der Waals surface area contributed by atoms with Crippen LogP contribution in [0.1, 0.15) is 16.7 Å². The Morgan fingerprint density at radius 3 is 2.29 bits per heavy atom. The maximum absolute atomic E-state index is 12.4. The van der Waals surface area contributed by atoms with Gasteiger partial charge in [0.15, 0.2) is 0 Å². The topological polar surface area (TPSA) is 32.9 Å². The smallest absolute Gasteiger partial charge is 0.256 e. The lowest BCUT2D eigenvalue weighted by Crippen LogP contribution is -2.09. The highest BCUT2D eigenvalue weighted by Gasteiger charge is 2.14. The molecule has 3 heteroatoms. The van der Waals surface area contributed by atoms with Gasteiger partial charge in [0.2, 0.25) is 0 Å². The normalized spacial score (nSPS) is 11.0. The van der Waals surface area contributed by atoms with Crippen molar-refractivity contribution < 1.29 is 0 Å². The van der Waals surface area contributed by atoms with Gasteiger partial charge in [-0.15, -0.1) is 0 Å². The molecule has 0 bridgehead atoms. The highest BCUT2D eigenvalue weighted by molar-refractivity contribution is 9.10. The Morgan fingerprint density at radius 1 is 0.952 bits per heavy atom. The van der Waals surface area contributed by atoms with Crippen LogP contribution in [-0.2, 0) is 0 Å². The lowest BCUT2D eigenvalue weighted by Gasteiger charge is -2.13. The van der Waals surface area contributed by atoms with Gasteiger partial charge in [-0.05, 0) is 53.9 Å². The number of rotatable bonds is 1. The second-order valence-electron chi connectivity index (χ2n) is 5.46. The molecule has 0 radical (unpaired) electrons. The first-order chi connectivity index (χ1) is 9.99. The predicted molar refractivity (Wildman–Crippen MR) is 91.9 cm³/mol. The molecule has 2 aromatic carbocycles. The Hall–Kier alpha value is -1.87. The van der Waals surface area contributed by atoms with E-state index in [4.69, 9.17) is 0 Å². The number of fused-ring (bicyclic) bond motifs is 1. The SMILES string of the molecule is Cc1ccc2c(=O)[nH]c(-c3c(C)cccc3C)c(Br)c2c1. The van der Waals surface area contributed by atoms with Gasteiger partial charge in [0.05, 0.1) is 5.69 Å². The molecule has 2 nitrogen and oxygen atoms in total. The van der Waals surface area contributed by atoms with Crippen LogP contribution in [0.25, 0.3) is 22.0 Å². The zero-order valence-electron chi connectivity index (χ0n) is 12.3. The summed E-state index contributed by atoms with van der Waals surface area (Å²) in [6.45, 7) is 6.16. The second-order valence-corrected chi connectivity index (χ2v) is 6.25. The fraction of sp³-hybridized carbons (Fsp3) is 0.167. The van der Waals surface area contributed by atoms with Gasteiger partial charge >= 0.3 is 0 Å². The fourth-order valence-electron chi connectivity index (χ4n) is 2.79. The molecule has 3 aromatic rings. The fourth-order valence-corrected chi connectivity index (χ4v) is 3.41. The summed E-state index contributed by atoms with van der Waals surface area (Å²) in [4.78, 5) is 15.4. The van der Waals surface area contributed by atoms with Crippen molar-refractivity contribution in [1.29, 1.82) is 0 Å². The molecule has 0 aliphatic rings. The van der Waals surface area contributed by atoms with Crippen LogP contribution >= 0.6 is 15.9 Å². The lowest BCUT2D eigenvalue weighted by molar-refractivity contribution is 1.24. The average molecular weight is 342 g/mol. The van der Waals surface area contributed by atoms with Crippen LogP contribution in [0, 0.1) is 20.8 Å². The van der Waals surface area contributed by atoms with E-state index in [0.717, 1.165) is 37.8 Å². The van der Waals surface area contributed by atoms with Gasteiger partial charge < -0.3 is 4.98 Å². The predicted octanol–water partition coefficient (Wildman–Crippen LogP) is 4.88. The zero-order valence-corrected chi connectivity index (χ0v) is 13.8. The van der Waals surface area contributed by atoms with E-state index in [9.17, 15) is 4.79 Å². The van der Waals surface area contributed by atoms with E-state index < -0.39 is 0 Å². The molecule has 0 aliphatic heterocycles. The van der Waals surface area contributed by atoms with Crippen molar-refractivity contribution >= 4 is 26.7 Å². The lowest BCUT2D eigenvalue weighted by atomic mass is 9.98. The molecule has 1 aromatic heterocycles. The molecule has 21 heavy (non-hydrogen) atoms. The summed E-state index contributed by atoms with van der Waals surface area (Å²) < 4.78 is 0.943. The van der Waals surface area contributed by atoms with Crippen LogP contribution in [0.2, 0.25) is 0 Å². The third kappa shape index (κ3) is 2.32. The number of pyridine rings is 1. The number of aromatic amines is 1. The summed E-state index contributed by atoms with van der Waals surface area (Å²) in [6.07, 6.45) is 0. The van der Waals surface area contributed by atoms with Crippen LogP contribution in [0.4, 0.5) is 0 Å². The number of hydrogen-bond acceptors (Lipinski definition) is 1. The Labute approximate surface area is 132 Å². The van der Waals surface area contributed by atoms with Crippen molar-refractivity contribution in [3.8, 4) is 11.3 Å². The molecule has 1 N–H and O–H groups in total. The summed E-state index contributed by atoms with van der Waals surface area (Å²) >= 11 is 3.69. The molecule has 0 fully saturated rings. The highest BCUT2D eigenvalue weighted by atomic mass is 79.9. The standard InChI is InChI=1S/C18H16BrNO/c1-10-7-8-13-14(9-10)16(19)17(20-18(13)21)15-11(2)5-4-6-12(15)3/h4-9H,1-3H3,(H,20,21). The summed E-state index contributed by atoms with van der Waals surface area (Å²) in [7, 11) is 0. The van der Waals surface area contributed by atoms with Crippen LogP contribution in [0.3, 0.4) is 0 Å². The van der Waals surface area contributed by atoms with E-state index >= 15 is 0 Å². The van der Waals surface area contributed by atoms with Crippen molar-refractivity contribution in [3.05, 3.63) is 67.9 Å². The minimum absolute atomic E-state index is 0.0501. The minimum atomic E-state index is -0.0501. The second kappa shape index (κ2) is 5.15. The van der Waals surface area contributed by atoms with Crippen molar-refractivity contribution in [1.82, 2.24) is 4.98 Å². The van der Waals surface area contributed by atoms with Gasteiger partial charge in [0.1, 0.15) is 0 Å². The first-order valence-corrected chi connectivity index (χ1v) is 7.67. The van der Waals surface area contributed by atoms with Crippen LogP contribution in [0.5, 0.6) is 0 Å². The molecular formula is C18H16BrNO. The summed E-state index contributed by atoms with van der Waals surface area (Å²) in [5.74, 6) is 0. The van der Waals surface area contributed by atoms with E-state index in [2.05, 4.69) is 46.9 Å². The highest BCUT2D eigenvalue weighted by Crippen LogP contribution is 2.34. The van der Waals surface area contributed by atoms with Gasteiger partial charge in [-0.3, -0.25) is 4.79 Å². The molecule has 0 amide bonds. The average Bonchev–Trinajstić information content (AvgIpc) is 2.43. The Bertz CT molecular complexity index is 889. The maximum Gasteiger partial charge on any atom is 0.256 e. The summed E-state index contributed by atoms with van der Waals surface area (Å²) in [5.41, 5.74) is 5.34. The maximum atomic E-state index is 12.4. The van der Waals surface area contributed by atoms with Crippen molar-refractivity contribution in [3.63, 3.8) is 0 Å². The van der Waals surface area contributed by atoms with E-state index in [-0.39, 0.29) is 5.56 Å². The number of aryl methyl sites for hydroxylation is 3. The molecule has 0 spiro atoms. The first kappa shape index (κ1) is 14.1. The van der Waals surface area contributed by atoms with E-state index in [1.807, 2.05) is 31.2 Å². The minimum Gasteiger partial charge on any atom is -0.320 e. The van der Waals surface area contributed by atoms with Gasteiger partial charge in [-0.2, -0.15) is 0 Å². The van der Waals surface area contributed by atoms with Gasteiger partial charge in [-0.1, -0.05) is 35.9 Å².